The first-order valence-corrected chi connectivity index (χ1v) is 16.5. The van der Waals surface area contributed by atoms with Crippen molar-refractivity contribution in [3.05, 3.63) is 51.4 Å². The molecule has 0 aliphatic carbocycles. The van der Waals surface area contributed by atoms with E-state index >= 15 is 0 Å². The number of pyridine rings is 1. The molecule has 0 unspecified atom stereocenters. The summed E-state index contributed by atoms with van der Waals surface area (Å²) in [7, 11) is 2.53. The second kappa shape index (κ2) is 9.30. The molecule has 1 N–H and O–H groups in total. The van der Waals surface area contributed by atoms with Crippen LogP contribution in [-0.4, -0.2) is 50.8 Å². The first-order valence-electron chi connectivity index (χ1n) is 12.4. The molecule has 0 saturated heterocycles. The Balaban J connectivity index is 1.56. The molecule has 37 heavy (non-hydrogen) atoms. The monoisotopic (exact) mass is 540 g/mol. The summed E-state index contributed by atoms with van der Waals surface area (Å²) < 4.78 is 11.1. The Hall–Kier alpha value is -3.15. The second-order valence-corrected chi connectivity index (χ2v) is 16.8. The lowest BCUT2D eigenvalue weighted by Crippen LogP contribution is -2.31. The van der Waals surface area contributed by atoms with Gasteiger partial charge in [0.2, 0.25) is 0 Å². The van der Waals surface area contributed by atoms with Crippen molar-refractivity contribution in [1.82, 2.24) is 29.1 Å². The topological polar surface area (TPSA) is 95.0 Å². The van der Waals surface area contributed by atoms with Crippen molar-refractivity contribution in [2.24, 2.45) is 7.05 Å². The van der Waals surface area contributed by atoms with Crippen molar-refractivity contribution in [2.75, 3.05) is 23.9 Å². The minimum Gasteiger partial charge on any atom is -0.361 e. The summed E-state index contributed by atoms with van der Waals surface area (Å²) in [5.74, 6) is 1.61. The molecule has 196 valence electrons. The predicted molar refractivity (Wildman–Crippen MR) is 150 cm³/mol. The summed E-state index contributed by atoms with van der Waals surface area (Å²) in [6, 6.07) is 8.71. The number of halogens is 1. The van der Waals surface area contributed by atoms with Crippen molar-refractivity contribution >= 4 is 47.8 Å². The number of hydrogen-bond donors (Lipinski definition) is 1. The van der Waals surface area contributed by atoms with E-state index in [1.807, 2.05) is 36.9 Å². The first kappa shape index (κ1) is 25.5. The molecule has 1 atom stereocenters. The smallest absolute Gasteiger partial charge is 0.278 e. The molecule has 0 bridgehead atoms. The van der Waals surface area contributed by atoms with Crippen LogP contribution in [-0.2, 0) is 18.5 Å². The van der Waals surface area contributed by atoms with E-state index < -0.39 is 8.07 Å². The van der Waals surface area contributed by atoms with E-state index in [4.69, 9.17) is 16.3 Å². The van der Waals surface area contributed by atoms with Gasteiger partial charge < -0.3 is 15.0 Å². The van der Waals surface area contributed by atoms with Gasteiger partial charge in [-0.25, -0.2) is 24.0 Å². The summed E-state index contributed by atoms with van der Waals surface area (Å²) in [5.41, 5.74) is 3.60. The van der Waals surface area contributed by atoms with Gasteiger partial charge in [-0.1, -0.05) is 37.3 Å². The summed E-state index contributed by atoms with van der Waals surface area (Å²) in [5, 5.41) is 8.85. The number of fused-ring (bicyclic) bond motifs is 4. The van der Waals surface area contributed by atoms with Crippen LogP contribution in [0.4, 0.5) is 17.1 Å². The van der Waals surface area contributed by atoms with Gasteiger partial charge in [-0.3, -0.25) is 4.79 Å². The Labute approximate surface area is 221 Å². The normalized spacial score (nSPS) is 15.2. The molecular formula is C25H33ClN8O2Si. The number of hydrogen-bond acceptors (Lipinski definition) is 7. The Kier molecular flexibility index (Phi) is 6.41. The highest BCUT2D eigenvalue weighted by molar-refractivity contribution is 6.76. The highest BCUT2D eigenvalue weighted by Crippen LogP contribution is 2.42. The lowest BCUT2D eigenvalue weighted by Gasteiger charge is -2.34. The van der Waals surface area contributed by atoms with Crippen molar-refractivity contribution in [3.63, 3.8) is 0 Å². The fourth-order valence-corrected chi connectivity index (χ4v) is 5.60. The van der Waals surface area contributed by atoms with Crippen LogP contribution in [0.5, 0.6) is 0 Å². The van der Waals surface area contributed by atoms with Crippen LogP contribution < -0.4 is 15.8 Å². The van der Waals surface area contributed by atoms with Crippen LogP contribution in [0, 0.1) is 6.92 Å². The van der Waals surface area contributed by atoms with E-state index in [2.05, 4.69) is 51.8 Å². The Morgan fingerprint density at radius 1 is 1.16 bits per heavy atom. The molecule has 0 fully saturated rings. The maximum Gasteiger partial charge on any atom is 0.278 e. The number of benzene rings is 1. The van der Waals surface area contributed by atoms with Gasteiger partial charge in [0.25, 0.3) is 5.56 Å². The average molecular weight is 541 g/mol. The minimum absolute atomic E-state index is 0.0139. The summed E-state index contributed by atoms with van der Waals surface area (Å²) >= 11 is 6.47. The quantitative estimate of drug-likeness (QED) is 0.203. The summed E-state index contributed by atoms with van der Waals surface area (Å²) in [4.78, 5) is 24.7. The van der Waals surface area contributed by atoms with Gasteiger partial charge in [-0.05, 0) is 38.1 Å². The molecule has 5 rings (SSSR count). The van der Waals surface area contributed by atoms with E-state index in [0.29, 0.717) is 23.3 Å². The average Bonchev–Trinajstić information content (AvgIpc) is 3.32. The molecule has 10 nitrogen and oxygen atoms in total. The summed E-state index contributed by atoms with van der Waals surface area (Å²) in [6.45, 7) is 11.8. The van der Waals surface area contributed by atoms with Gasteiger partial charge in [0, 0.05) is 28.8 Å². The number of aromatic nitrogens is 6. The largest absolute Gasteiger partial charge is 0.361 e. The van der Waals surface area contributed by atoms with Crippen LogP contribution in [0.25, 0.3) is 16.7 Å². The minimum atomic E-state index is -1.23. The van der Waals surface area contributed by atoms with E-state index in [9.17, 15) is 4.79 Å². The molecule has 1 aromatic carbocycles. The van der Waals surface area contributed by atoms with Crippen molar-refractivity contribution in [1.29, 1.82) is 0 Å². The molecule has 3 aromatic heterocycles. The van der Waals surface area contributed by atoms with E-state index in [-0.39, 0.29) is 23.5 Å². The molecule has 1 aliphatic heterocycles. The third kappa shape index (κ3) is 4.55. The third-order valence-electron chi connectivity index (χ3n) is 6.85. The van der Waals surface area contributed by atoms with Crippen molar-refractivity contribution in [2.45, 2.75) is 52.3 Å². The zero-order valence-corrected chi connectivity index (χ0v) is 24.1. The fourth-order valence-electron chi connectivity index (χ4n) is 4.65. The molecule has 0 saturated carbocycles. The number of aryl methyl sites for hydroxylation is 1. The number of anilines is 3. The standard InChI is InChI=1S/C25H33ClN8O2Si/c1-15-23-27-16(2)30-34(23)19-10-8-9-17(22(19)31(15)3)28-18-13-20(26)29-24-21(18)25(35)32(4)33(24)14-36-11-12-37(5,6)7/h8-10,13,15H,11-12,14H2,1-7H3,(H,28,29)/t15-/m0/s1. The van der Waals surface area contributed by atoms with Gasteiger partial charge in [0.15, 0.2) is 11.5 Å². The number of nitrogens with one attached hydrogen (secondary N) is 1. The van der Waals surface area contributed by atoms with E-state index in [0.717, 1.165) is 34.8 Å². The van der Waals surface area contributed by atoms with Gasteiger partial charge >= 0.3 is 0 Å². The Bertz CT molecular complexity index is 1550. The highest BCUT2D eigenvalue weighted by atomic mass is 35.5. The Morgan fingerprint density at radius 3 is 2.65 bits per heavy atom. The SMILES string of the molecule is Cc1nc2n(n1)-c1cccc(Nc3cc(Cl)nc4c3c(=O)n(C)n4COCC[Si](C)(C)C)c1N(C)[C@H]2C. The zero-order chi connectivity index (χ0) is 26.6. The molecule has 0 amide bonds. The van der Waals surface area contributed by atoms with Gasteiger partial charge in [0.05, 0.1) is 28.8 Å². The van der Waals surface area contributed by atoms with Crippen LogP contribution in [0.3, 0.4) is 0 Å². The maximum absolute atomic E-state index is 13.4. The molecule has 4 aromatic rings. The number of ether oxygens (including phenoxy) is 1. The van der Waals surface area contributed by atoms with Crippen LogP contribution in [0.1, 0.15) is 24.6 Å². The van der Waals surface area contributed by atoms with E-state index in [1.165, 1.54) is 4.68 Å². The second-order valence-electron chi connectivity index (χ2n) is 10.8. The third-order valence-corrected chi connectivity index (χ3v) is 8.75. The van der Waals surface area contributed by atoms with Crippen molar-refractivity contribution in [3.8, 4) is 5.69 Å². The predicted octanol–water partition coefficient (Wildman–Crippen LogP) is 4.84. The van der Waals surface area contributed by atoms with Crippen LogP contribution >= 0.6 is 11.6 Å². The van der Waals surface area contributed by atoms with E-state index in [1.54, 1.807) is 17.8 Å². The molecule has 4 heterocycles. The molecule has 0 radical (unpaired) electrons. The lowest BCUT2D eigenvalue weighted by atomic mass is 10.1. The molecular weight excluding hydrogens is 508 g/mol. The Morgan fingerprint density at radius 2 is 1.92 bits per heavy atom. The zero-order valence-electron chi connectivity index (χ0n) is 22.3. The summed E-state index contributed by atoms with van der Waals surface area (Å²) in [6.07, 6.45) is 0. The van der Waals surface area contributed by atoms with Gasteiger partial charge in [0.1, 0.15) is 23.1 Å². The molecule has 12 heteroatoms. The molecule has 0 spiro atoms. The van der Waals surface area contributed by atoms with Crippen molar-refractivity contribution < 1.29 is 4.74 Å². The first-order chi connectivity index (χ1) is 17.5. The number of para-hydroxylation sites is 1. The van der Waals surface area contributed by atoms with Gasteiger partial charge in [-0.2, -0.15) is 5.10 Å². The maximum atomic E-state index is 13.4. The van der Waals surface area contributed by atoms with Crippen LogP contribution in [0.2, 0.25) is 30.8 Å². The number of nitrogens with zero attached hydrogens (tertiary/aromatic N) is 7. The molecule has 1 aliphatic rings. The highest BCUT2D eigenvalue weighted by Gasteiger charge is 2.31. The van der Waals surface area contributed by atoms with Crippen LogP contribution in [0.15, 0.2) is 29.1 Å². The number of rotatable bonds is 7. The lowest BCUT2D eigenvalue weighted by molar-refractivity contribution is 0.0732. The van der Waals surface area contributed by atoms with Gasteiger partial charge in [-0.15, -0.1) is 0 Å². The fraction of sp³-hybridized carbons (Fsp3) is 0.440.